The zero-order valence-electron chi connectivity index (χ0n) is 10.7. The van der Waals surface area contributed by atoms with Crippen molar-refractivity contribution < 1.29 is 8.42 Å². The summed E-state index contributed by atoms with van der Waals surface area (Å²) in [6.07, 6.45) is 0. The van der Waals surface area contributed by atoms with Crippen LogP contribution >= 0.6 is 0 Å². The van der Waals surface area contributed by atoms with Crippen LogP contribution in [0.25, 0.3) is 0 Å². The van der Waals surface area contributed by atoms with E-state index >= 15 is 0 Å². The number of sulfone groups is 1. The minimum atomic E-state index is -2.88. The molecular formula is C11H21N3O2S. The molecule has 1 aliphatic rings. The van der Waals surface area contributed by atoms with Crippen LogP contribution in [0.4, 0.5) is 0 Å². The maximum Gasteiger partial charge on any atom is 0.153 e. The fourth-order valence-corrected chi connectivity index (χ4v) is 3.82. The third-order valence-corrected chi connectivity index (χ3v) is 4.94. The van der Waals surface area contributed by atoms with Gasteiger partial charge in [-0.05, 0) is 20.4 Å². The molecule has 1 heterocycles. The van der Waals surface area contributed by atoms with Crippen molar-refractivity contribution in [2.75, 3.05) is 31.1 Å². The van der Waals surface area contributed by atoms with Gasteiger partial charge in [-0.15, -0.1) is 0 Å². The number of nitrogens with one attached hydrogen (secondary N) is 1. The van der Waals surface area contributed by atoms with Gasteiger partial charge in [0.25, 0.3) is 0 Å². The van der Waals surface area contributed by atoms with Gasteiger partial charge in [-0.2, -0.15) is 5.26 Å². The van der Waals surface area contributed by atoms with Crippen LogP contribution in [0.5, 0.6) is 0 Å². The van der Waals surface area contributed by atoms with Crippen molar-refractivity contribution in [3.05, 3.63) is 0 Å². The first-order valence-electron chi connectivity index (χ1n) is 5.92. The second kappa shape index (κ2) is 5.34. The SMILES string of the molecule is CCNC(C)(C#N)CN1CCS(=O)(=O)CC1C. The van der Waals surface area contributed by atoms with E-state index in [1.54, 1.807) is 0 Å². The predicted octanol–water partition coefficient (Wildman–Crippen LogP) is -0.00292. The number of hydrogen-bond acceptors (Lipinski definition) is 5. The molecule has 0 aromatic rings. The highest BCUT2D eigenvalue weighted by molar-refractivity contribution is 7.91. The summed E-state index contributed by atoms with van der Waals surface area (Å²) in [5.41, 5.74) is -0.607. The Kier molecular flexibility index (Phi) is 4.53. The van der Waals surface area contributed by atoms with Crippen LogP contribution in [0.15, 0.2) is 0 Å². The van der Waals surface area contributed by atoms with Gasteiger partial charge in [-0.25, -0.2) is 8.42 Å². The van der Waals surface area contributed by atoms with E-state index < -0.39 is 15.4 Å². The molecule has 0 aliphatic carbocycles. The Bertz CT molecular complexity index is 401. The van der Waals surface area contributed by atoms with Gasteiger partial charge in [0.15, 0.2) is 9.84 Å². The Morgan fingerprint density at radius 3 is 2.71 bits per heavy atom. The molecule has 1 fully saturated rings. The first-order valence-corrected chi connectivity index (χ1v) is 7.75. The maximum atomic E-state index is 11.5. The topological polar surface area (TPSA) is 73.2 Å². The summed E-state index contributed by atoms with van der Waals surface area (Å²) < 4.78 is 22.9. The van der Waals surface area contributed by atoms with Gasteiger partial charge in [-0.3, -0.25) is 10.2 Å². The van der Waals surface area contributed by atoms with E-state index in [-0.39, 0.29) is 17.5 Å². The summed E-state index contributed by atoms with van der Waals surface area (Å²) >= 11 is 0. The Labute approximate surface area is 104 Å². The second-order valence-electron chi connectivity index (χ2n) is 4.91. The molecule has 1 rings (SSSR count). The number of likely N-dealkylation sites (N-methyl/N-ethyl adjacent to an activating group) is 1. The number of nitrogens with zero attached hydrogens (tertiary/aromatic N) is 2. The van der Waals surface area contributed by atoms with E-state index in [1.807, 2.05) is 20.8 Å². The molecule has 0 aromatic carbocycles. The van der Waals surface area contributed by atoms with Gasteiger partial charge in [0.2, 0.25) is 0 Å². The van der Waals surface area contributed by atoms with Crippen molar-refractivity contribution in [3.8, 4) is 6.07 Å². The van der Waals surface area contributed by atoms with Crippen LogP contribution in [0.1, 0.15) is 20.8 Å². The average molecular weight is 259 g/mol. The summed E-state index contributed by atoms with van der Waals surface area (Å²) in [5, 5.41) is 12.3. The Hall–Kier alpha value is -0.640. The van der Waals surface area contributed by atoms with Crippen molar-refractivity contribution in [1.82, 2.24) is 10.2 Å². The molecule has 0 radical (unpaired) electrons. The molecule has 17 heavy (non-hydrogen) atoms. The smallest absolute Gasteiger partial charge is 0.153 e. The lowest BCUT2D eigenvalue weighted by atomic mass is 10.0. The molecule has 1 N–H and O–H groups in total. The molecule has 6 heteroatoms. The lowest BCUT2D eigenvalue weighted by molar-refractivity contribution is 0.185. The molecule has 0 spiro atoms. The van der Waals surface area contributed by atoms with E-state index in [0.29, 0.717) is 13.1 Å². The fraction of sp³-hybridized carbons (Fsp3) is 0.909. The first-order chi connectivity index (χ1) is 7.82. The predicted molar refractivity (Wildman–Crippen MR) is 67.4 cm³/mol. The number of hydrogen-bond donors (Lipinski definition) is 1. The zero-order valence-corrected chi connectivity index (χ0v) is 11.5. The van der Waals surface area contributed by atoms with Crippen LogP contribution in [-0.2, 0) is 9.84 Å². The lowest BCUT2D eigenvalue weighted by Crippen LogP contribution is -2.56. The molecule has 0 amide bonds. The van der Waals surface area contributed by atoms with Crippen LogP contribution in [0.3, 0.4) is 0 Å². The lowest BCUT2D eigenvalue weighted by Gasteiger charge is -2.37. The van der Waals surface area contributed by atoms with E-state index in [2.05, 4.69) is 16.3 Å². The van der Waals surface area contributed by atoms with E-state index in [0.717, 1.165) is 6.54 Å². The van der Waals surface area contributed by atoms with Gasteiger partial charge in [0.05, 0.1) is 17.6 Å². The monoisotopic (exact) mass is 259 g/mol. The van der Waals surface area contributed by atoms with Crippen molar-refractivity contribution in [2.45, 2.75) is 32.4 Å². The summed E-state index contributed by atoms with van der Waals surface area (Å²) in [7, 11) is -2.88. The molecular weight excluding hydrogens is 238 g/mol. The van der Waals surface area contributed by atoms with Crippen molar-refractivity contribution >= 4 is 9.84 Å². The molecule has 5 nitrogen and oxygen atoms in total. The number of nitriles is 1. The molecule has 0 saturated carbocycles. The molecule has 98 valence electrons. The summed E-state index contributed by atoms with van der Waals surface area (Å²) in [6, 6.07) is 2.25. The third kappa shape index (κ3) is 3.95. The normalized spacial score (nSPS) is 28.2. The van der Waals surface area contributed by atoms with Gasteiger partial charge in [0, 0.05) is 19.1 Å². The fourth-order valence-electron chi connectivity index (χ4n) is 2.19. The first kappa shape index (κ1) is 14.4. The largest absolute Gasteiger partial charge is 0.299 e. The molecule has 2 unspecified atom stereocenters. The zero-order chi connectivity index (χ0) is 13.1. The van der Waals surface area contributed by atoms with Crippen LogP contribution in [0.2, 0.25) is 0 Å². The van der Waals surface area contributed by atoms with Crippen molar-refractivity contribution in [2.24, 2.45) is 0 Å². The van der Waals surface area contributed by atoms with Crippen molar-refractivity contribution in [1.29, 1.82) is 5.26 Å². The Balaban J connectivity index is 2.67. The van der Waals surface area contributed by atoms with E-state index in [1.165, 1.54) is 0 Å². The average Bonchev–Trinajstić information content (AvgIpc) is 2.22. The molecule has 0 aromatic heterocycles. The van der Waals surface area contributed by atoms with Gasteiger partial charge in [-0.1, -0.05) is 6.92 Å². The maximum absolute atomic E-state index is 11.5. The highest BCUT2D eigenvalue weighted by atomic mass is 32.2. The third-order valence-electron chi connectivity index (χ3n) is 3.14. The minimum absolute atomic E-state index is 0.0138. The molecule has 0 bridgehead atoms. The van der Waals surface area contributed by atoms with Crippen LogP contribution in [0, 0.1) is 11.3 Å². The Morgan fingerprint density at radius 2 is 2.24 bits per heavy atom. The van der Waals surface area contributed by atoms with Gasteiger partial charge < -0.3 is 0 Å². The Morgan fingerprint density at radius 1 is 1.59 bits per heavy atom. The standard InChI is InChI=1S/C11H21N3O2S/c1-4-13-11(3,8-12)9-14-5-6-17(15,16)7-10(14)2/h10,13H,4-7,9H2,1-3H3. The van der Waals surface area contributed by atoms with Crippen LogP contribution in [-0.4, -0.2) is 56.0 Å². The quantitative estimate of drug-likeness (QED) is 0.769. The molecule has 2 atom stereocenters. The number of rotatable bonds is 4. The van der Waals surface area contributed by atoms with E-state index in [9.17, 15) is 13.7 Å². The minimum Gasteiger partial charge on any atom is -0.299 e. The summed E-state index contributed by atoms with van der Waals surface area (Å²) in [4.78, 5) is 2.08. The molecule has 1 saturated heterocycles. The van der Waals surface area contributed by atoms with Crippen LogP contribution < -0.4 is 5.32 Å². The highest BCUT2D eigenvalue weighted by Crippen LogP contribution is 2.15. The van der Waals surface area contributed by atoms with Gasteiger partial charge in [0.1, 0.15) is 5.54 Å². The summed E-state index contributed by atoms with van der Waals surface area (Å²) in [5.74, 6) is 0.394. The van der Waals surface area contributed by atoms with Gasteiger partial charge >= 0.3 is 0 Å². The van der Waals surface area contributed by atoms with E-state index in [4.69, 9.17) is 0 Å². The molecule has 1 aliphatic heterocycles. The van der Waals surface area contributed by atoms with Crippen molar-refractivity contribution in [3.63, 3.8) is 0 Å². The summed E-state index contributed by atoms with van der Waals surface area (Å²) in [6.45, 7) is 7.53. The second-order valence-corrected chi connectivity index (χ2v) is 7.14. The highest BCUT2D eigenvalue weighted by Gasteiger charge is 2.33.